The summed E-state index contributed by atoms with van der Waals surface area (Å²) in [6.45, 7) is 4.08. The van der Waals surface area contributed by atoms with Crippen molar-refractivity contribution in [2.24, 2.45) is 11.3 Å². The van der Waals surface area contributed by atoms with Crippen LogP contribution in [0, 0.1) is 11.3 Å². The van der Waals surface area contributed by atoms with Gasteiger partial charge >= 0.3 is 5.97 Å². The fourth-order valence-corrected chi connectivity index (χ4v) is 4.19. The maximum Gasteiger partial charge on any atom is 0.312 e. The van der Waals surface area contributed by atoms with Crippen molar-refractivity contribution < 1.29 is 15.0 Å². The summed E-state index contributed by atoms with van der Waals surface area (Å²) in [7, 11) is 0. The molecule has 0 aromatic carbocycles. The number of thiazole rings is 1. The minimum Gasteiger partial charge on any atom is -0.481 e. The van der Waals surface area contributed by atoms with Crippen LogP contribution in [-0.2, 0) is 11.3 Å². The zero-order valence-corrected chi connectivity index (χ0v) is 12.1. The first-order valence-corrected chi connectivity index (χ1v) is 7.69. The van der Waals surface area contributed by atoms with Gasteiger partial charge in [-0.05, 0) is 0 Å². The van der Waals surface area contributed by atoms with Crippen LogP contribution in [-0.4, -0.2) is 70.3 Å². The molecular weight excluding hydrogens is 278 g/mol. The highest BCUT2D eigenvalue weighted by Gasteiger charge is 2.57. The molecule has 2 aliphatic heterocycles. The third-order valence-electron chi connectivity index (χ3n) is 4.43. The van der Waals surface area contributed by atoms with E-state index in [-0.39, 0.29) is 12.5 Å². The molecule has 0 bridgehead atoms. The number of hydrogen-bond donors (Lipinski definition) is 2. The van der Waals surface area contributed by atoms with Gasteiger partial charge in [0.25, 0.3) is 0 Å². The Morgan fingerprint density at radius 1 is 1.45 bits per heavy atom. The number of likely N-dealkylation sites (tertiary alicyclic amines) is 2. The molecule has 0 amide bonds. The lowest BCUT2D eigenvalue weighted by Crippen LogP contribution is -2.41. The minimum absolute atomic E-state index is 0.0885. The highest BCUT2D eigenvalue weighted by atomic mass is 32.1. The molecule has 20 heavy (non-hydrogen) atoms. The van der Waals surface area contributed by atoms with Gasteiger partial charge in [0, 0.05) is 50.2 Å². The van der Waals surface area contributed by atoms with Gasteiger partial charge in [0.2, 0.25) is 0 Å². The Kier molecular flexibility index (Phi) is 3.76. The van der Waals surface area contributed by atoms with Crippen LogP contribution >= 0.6 is 11.3 Å². The van der Waals surface area contributed by atoms with E-state index in [0.717, 1.165) is 24.6 Å². The van der Waals surface area contributed by atoms with Crippen molar-refractivity contribution in [2.45, 2.75) is 6.54 Å². The van der Waals surface area contributed by atoms with E-state index in [2.05, 4.69) is 14.8 Å². The minimum atomic E-state index is -0.704. The monoisotopic (exact) mass is 297 g/mol. The van der Waals surface area contributed by atoms with E-state index in [1.165, 1.54) is 0 Å². The summed E-state index contributed by atoms with van der Waals surface area (Å²) < 4.78 is 0. The molecule has 2 N–H and O–H groups in total. The highest BCUT2D eigenvalue weighted by Crippen LogP contribution is 2.43. The number of aromatic nitrogens is 1. The predicted octanol–water partition coefficient (Wildman–Crippen LogP) is -0.0462. The van der Waals surface area contributed by atoms with Crippen LogP contribution in [0.4, 0.5) is 0 Å². The number of carbonyl (C=O) groups is 1. The molecule has 1 aromatic rings. The number of aliphatic carboxylic acids is 1. The first kappa shape index (κ1) is 13.9. The Labute approximate surface area is 121 Å². The molecule has 2 fully saturated rings. The van der Waals surface area contributed by atoms with Gasteiger partial charge in [0.1, 0.15) is 5.01 Å². The SMILES string of the molecule is O=C(O)[C@@]12CN(CCO)C[C@@H]1CN(Cc1nccs1)C2. The number of β-amino-alcohol motifs (C(OH)–C–C–N with tert-alkyl or cyclic N) is 1. The van der Waals surface area contributed by atoms with E-state index in [1.54, 1.807) is 17.5 Å². The summed E-state index contributed by atoms with van der Waals surface area (Å²) in [6.07, 6.45) is 1.78. The number of fused-ring (bicyclic) bond motifs is 1. The van der Waals surface area contributed by atoms with Crippen molar-refractivity contribution in [3.8, 4) is 0 Å². The second-order valence-electron chi connectivity index (χ2n) is 5.71. The molecule has 0 spiro atoms. The summed E-state index contributed by atoms with van der Waals surface area (Å²) in [6, 6.07) is 0. The van der Waals surface area contributed by atoms with E-state index >= 15 is 0 Å². The van der Waals surface area contributed by atoms with Crippen LogP contribution in [0.15, 0.2) is 11.6 Å². The molecule has 3 heterocycles. The van der Waals surface area contributed by atoms with Gasteiger partial charge in [-0.2, -0.15) is 0 Å². The van der Waals surface area contributed by atoms with E-state index in [0.29, 0.717) is 19.6 Å². The fourth-order valence-electron chi connectivity index (χ4n) is 3.53. The molecule has 0 aliphatic carbocycles. The lowest BCUT2D eigenvalue weighted by atomic mass is 9.81. The van der Waals surface area contributed by atoms with Crippen molar-refractivity contribution in [1.29, 1.82) is 0 Å². The van der Waals surface area contributed by atoms with E-state index in [9.17, 15) is 9.90 Å². The van der Waals surface area contributed by atoms with Gasteiger partial charge in [-0.25, -0.2) is 4.98 Å². The summed E-state index contributed by atoms with van der Waals surface area (Å²) in [5.41, 5.74) is -0.674. The average molecular weight is 297 g/mol. The number of rotatable bonds is 5. The topological polar surface area (TPSA) is 76.9 Å². The maximum atomic E-state index is 11.8. The largest absolute Gasteiger partial charge is 0.481 e. The lowest BCUT2D eigenvalue weighted by molar-refractivity contribution is -0.149. The molecule has 1 aromatic heterocycles. The molecule has 2 atom stereocenters. The number of nitrogens with zero attached hydrogens (tertiary/aromatic N) is 3. The maximum absolute atomic E-state index is 11.8. The smallest absolute Gasteiger partial charge is 0.312 e. The van der Waals surface area contributed by atoms with Gasteiger partial charge in [0.05, 0.1) is 18.6 Å². The third kappa shape index (κ3) is 2.35. The number of carboxylic acids is 1. The fraction of sp³-hybridized carbons (Fsp3) is 0.692. The highest BCUT2D eigenvalue weighted by molar-refractivity contribution is 7.09. The second-order valence-corrected chi connectivity index (χ2v) is 6.69. The van der Waals surface area contributed by atoms with Crippen LogP contribution in [0.1, 0.15) is 5.01 Å². The van der Waals surface area contributed by atoms with Crippen molar-refractivity contribution in [2.75, 3.05) is 39.3 Å². The predicted molar refractivity (Wildman–Crippen MR) is 74.5 cm³/mol. The third-order valence-corrected chi connectivity index (χ3v) is 5.20. The van der Waals surface area contributed by atoms with Gasteiger partial charge in [-0.3, -0.25) is 14.6 Å². The second kappa shape index (κ2) is 5.40. The molecule has 2 saturated heterocycles. The standard InChI is InChI=1S/C13H19N3O3S/c17-3-2-15-5-10-6-16(7-11-14-1-4-20-11)9-13(10,8-15)12(18)19/h1,4,10,17H,2-3,5-9H2,(H,18,19)/t10-,13-/m1/s1. The lowest BCUT2D eigenvalue weighted by Gasteiger charge is -2.24. The Morgan fingerprint density at radius 2 is 2.20 bits per heavy atom. The van der Waals surface area contributed by atoms with E-state index < -0.39 is 11.4 Å². The van der Waals surface area contributed by atoms with Crippen molar-refractivity contribution in [1.82, 2.24) is 14.8 Å². The summed E-state index contributed by atoms with van der Waals surface area (Å²) in [5.74, 6) is -0.559. The summed E-state index contributed by atoms with van der Waals surface area (Å²) in [4.78, 5) is 20.3. The molecule has 0 radical (unpaired) electrons. The molecule has 0 unspecified atom stereocenters. The van der Waals surface area contributed by atoms with Gasteiger partial charge in [-0.15, -0.1) is 11.3 Å². The van der Waals surface area contributed by atoms with Crippen molar-refractivity contribution >= 4 is 17.3 Å². The summed E-state index contributed by atoms with van der Waals surface area (Å²) in [5, 5.41) is 21.7. The number of carboxylic acid groups (broad SMARTS) is 1. The van der Waals surface area contributed by atoms with Gasteiger partial charge < -0.3 is 10.2 Å². The Hall–Kier alpha value is -1.02. The Bertz CT molecular complexity index is 481. The number of aliphatic hydroxyl groups is 1. The van der Waals surface area contributed by atoms with Crippen LogP contribution in [0.2, 0.25) is 0 Å². The number of aliphatic hydroxyl groups excluding tert-OH is 1. The van der Waals surface area contributed by atoms with Crippen LogP contribution in [0.5, 0.6) is 0 Å². The Balaban J connectivity index is 1.71. The van der Waals surface area contributed by atoms with E-state index in [4.69, 9.17) is 5.11 Å². The zero-order valence-electron chi connectivity index (χ0n) is 11.2. The van der Waals surface area contributed by atoms with Crippen molar-refractivity contribution in [3.63, 3.8) is 0 Å². The molecular formula is C13H19N3O3S. The van der Waals surface area contributed by atoms with E-state index in [1.807, 2.05) is 5.38 Å². The molecule has 0 saturated carbocycles. The van der Waals surface area contributed by atoms with Crippen LogP contribution < -0.4 is 0 Å². The van der Waals surface area contributed by atoms with Crippen LogP contribution in [0.3, 0.4) is 0 Å². The first-order valence-electron chi connectivity index (χ1n) is 6.81. The van der Waals surface area contributed by atoms with Gasteiger partial charge in [-0.1, -0.05) is 0 Å². The molecule has 3 rings (SSSR count). The first-order chi connectivity index (χ1) is 9.64. The van der Waals surface area contributed by atoms with Crippen molar-refractivity contribution in [3.05, 3.63) is 16.6 Å². The Morgan fingerprint density at radius 3 is 2.80 bits per heavy atom. The summed E-state index contributed by atoms with van der Waals surface area (Å²) >= 11 is 1.61. The zero-order chi connectivity index (χ0) is 14.2. The quantitative estimate of drug-likeness (QED) is 0.794. The molecule has 6 nitrogen and oxygen atoms in total. The average Bonchev–Trinajstić information content (AvgIpc) is 3.04. The number of hydrogen-bond acceptors (Lipinski definition) is 6. The van der Waals surface area contributed by atoms with Gasteiger partial charge in [0.15, 0.2) is 0 Å². The van der Waals surface area contributed by atoms with Crippen LogP contribution in [0.25, 0.3) is 0 Å². The molecule has 2 aliphatic rings. The normalized spacial score (nSPS) is 30.8. The molecule has 7 heteroatoms. The molecule has 110 valence electrons.